The Morgan fingerprint density at radius 2 is 0.760 bits per heavy atom. The van der Waals surface area contributed by atoms with Crippen LogP contribution in [0, 0.1) is 0 Å². The molecule has 5 heteroatoms. The predicted octanol–water partition coefficient (Wildman–Crippen LogP) is -1.31. The molecule has 124 valence electrons. The van der Waals surface area contributed by atoms with Gasteiger partial charge in [0.15, 0.2) is 0 Å². The molecule has 0 N–H and O–H groups in total. The molecule has 4 nitrogen and oxygen atoms in total. The molecule has 0 heterocycles. The molecule has 0 aliphatic heterocycles. The van der Waals surface area contributed by atoms with E-state index in [4.69, 9.17) is 19.8 Å². The second kappa shape index (κ2) is 9.70. The van der Waals surface area contributed by atoms with Crippen molar-refractivity contribution >= 4 is 43.5 Å². The van der Waals surface area contributed by atoms with Crippen LogP contribution in [-0.2, 0) is 9.59 Å². The molecule has 0 atom stereocenters. The molecule has 0 amide bonds. The van der Waals surface area contributed by atoms with Gasteiger partial charge in [0.25, 0.3) is 0 Å². The van der Waals surface area contributed by atoms with Gasteiger partial charge in [-0.25, -0.2) is 0 Å². The number of carbonyl (C=O) groups excluding carboxylic acids is 2. The van der Waals surface area contributed by atoms with Gasteiger partial charge in [0, 0.05) is 0 Å². The normalized spacial score (nSPS) is 9.44. The third-order valence-corrected chi connectivity index (χ3v) is 12.7. The molecule has 3 rings (SSSR count). The molecule has 0 unspecified atom stereocenters. The Bertz CT molecular complexity index is 699. The first-order chi connectivity index (χ1) is 12.1. The van der Waals surface area contributed by atoms with Gasteiger partial charge in [-0.15, -0.1) is 0 Å². The second-order valence-electron chi connectivity index (χ2n) is 4.92. The van der Waals surface area contributed by atoms with Gasteiger partial charge in [-0.3, -0.25) is 0 Å². The molecule has 0 aromatic heterocycles. The molecule has 0 saturated heterocycles. The van der Waals surface area contributed by atoms with E-state index in [0.29, 0.717) is 0 Å². The summed E-state index contributed by atoms with van der Waals surface area (Å²) in [6.07, 6.45) is 0. The summed E-state index contributed by atoms with van der Waals surface area (Å²) in [6, 6.07) is 33.0. The molecule has 25 heavy (non-hydrogen) atoms. The maximum absolute atomic E-state index is 8.93. The van der Waals surface area contributed by atoms with Crippen molar-refractivity contribution in [3.8, 4) is 0 Å². The van der Waals surface area contributed by atoms with Gasteiger partial charge >= 0.3 is 123 Å². The van der Waals surface area contributed by atoms with E-state index in [1.807, 2.05) is 0 Å². The van der Waals surface area contributed by atoms with Crippen molar-refractivity contribution in [1.29, 1.82) is 0 Å². The van der Waals surface area contributed by atoms with E-state index in [1.54, 1.807) is 0 Å². The summed E-state index contributed by atoms with van der Waals surface area (Å²) in [5.74, 6) is -4.37. The zero-order chi connectivity index (χ0) is 18.1. The monoisotopic (exact) mass is 528 g/mol. The van der Waals surface area contributed by atoms with Crippen molar-refractivity contribution in [2.75, 3.05) is 0 Å². The van der Waals surface area contributed by atoms with Gasteiger partial charge in [-0.2, -0.15) is 0 Å². The summed E-state index contributed by atoms with van der Waals surface area (Å²) in [7, 11) is 0. The quantitative estimate of drug-likeness (QED) is 0.313. The van der Waals surface area contributed by atoms with Crippen LogP contribution in [0.5, 0.6) is 0 Å². The fraction of sp³-hybridized carbons (Fsp3) is 0. The van der Waals surface area contributed by atoms with Crippen molar-refractivity contribution in [1.82, 2.24) is 0 Å². The van der Waals surface area contributed by atoms with E-state index in [9.17, 15) is 0 Å². The number of hydrogen-bond donors (Lipinski definition) is 0. The van der Waals surface area contributed by atoms with Crippen molar-refractivity contribution in [3.05, 3.63) is 91.0 Å². The number of rotatable bonds is 3. The predicted molar refractivity (Wildman–Crippen MR) is 94.0 cm³/mol. The fourth-order valence-corrected chi connectivity index (χ4v) is 11.1. The van der Waals surface area contributed by atoms with Gasteiger partial charge in [0.1, 0.15) is 0 Å². The molecule has 0 radical (unpaired) electrons. The van der Waals surface area contributed by atoms with Crippen LogP contribution < -0.4 is 20.0 Å². The molecule has 0 spiro atoms. The summed E-state index contributed by atoms with van der Waals surface area (Å²) in [5, 5.41) is 17.9. The third kappa shape index (κ3) is 5.80. The summed E-state index contributed by atoms with van der Waals surface area (Å²) >= 11 is -2.06. The van der Waals surface area contributed by atoms with Crippen LogP contribution in [0.4, 0.5) is 0 Å². The molecular formula is C20H15BiO4. The number of benzene rings is 3. The SMILES string of the molecule is O=C([O-])C(=O)[O-].c1cc[c]([Bi+2]([c]2ccccc2)[c]2ccccc2)cc1. The summed E-state index contributed by atoms with van der Waals surface area (Å²) < 4.78 is 4.61. The average molecular weight is 528 g/mol. The minimum absolute atomic E-state index is 1.54. The van der Waals surface area contributed by atoms with E-state index >= 15 is 0 Å². The van der Waals surface area contributed by atoms with E-state index in [1.165, 1.54) is 9.81 Å². The van der Waals surface area contributed by atoms with E-state index in [2.05, 4.69) is 91.0 Å². The molecule has 0 aliphatic carbocycles. The Kier molecular flexibility index (Phi) is 7.30. The van der Waals surface area contributed by atoms with Crippen LogP contribution >= 0.6 is 0 Å². The van der Waals surface area contributed by atoms with Gasteiger partial charge in [0.2, 0.25) is 0 Å². The first-order valence-corrected chi connectivity index (χ1v) is 12.7. The zero-order valence-corrected chi connectivity index (χ0v) is 16.7. The molecule has 0 bridgehead atoms. The Labute approximate surface area is 154 Å². The van der Waals surface area contributed by atoms with Gasteiger partial charge in [0.05, 0.1) is 11.9 Å². The average Bonchev–Trinajstić information content (AvgIpc) is 2.65. The number of hydrogen-bond acceptors (Lipinski definition) is 4. The molecule has 3 aromatic rings. The molecule has 0 saturated carbocycles. The zero-order valence-electron chi connectivity index (χ0n) is 13.2. The Morgan fingerprint density at radius 3 is 0.960 bits per heavy atom. The van der Waals surface area contributed by atoms with Crippen LogP contribution in [0.3, 0.4) is 0 Å². The van der Waals surface area contributed by atoms with Gasteiger partial charge < -0.3 is 19.8 Å². The topological polar surface area (TPSA) is 80.3 Å². The first kappa shape index (κ1) is 18.8. The second-order valence-corrected chi connectivity index (χ2v) is 13.5. The van der Waals surface area contributed by atoms with Crippen LogP contribution in [0.1, 0.15) is 0 Å². The molecule has 0 aliphatic rings. The summed E-state index contributed by atoms with van der Waals surface area (Å²) in [5.41, 5.74) is 0. The Morgan fingerprint density at radius 1 is 0.520 bits per heavy atom. The van der Waals surface area contributed by atoms with Crippen LogP contribution in [-0.4, -0.2) is 33.7 Å². The van der Waals surface area contributed by atoms with E-state index < -0.39 is 33.7 Å². The van der Waals surface area contributed by atoms with E-state index in [-0.39, 0.29) is 0 Å². The van der Waals surface area contributed by atoms with Crippen molar-refractivity contribution in [3.63, 3.8) is 0 Å². The fourth-order valence-electron chi connectivity index (χ4n) is 2.18. The van der Waals surface area contributed by atoms with Crippen LogP contribution in [0.15, 0.2) is 91.0 Å². The molecule has 0 fully saturated rings. The number of aliphatic carboxylic acids is 2. The maximum atomic E-state index is 8.93. The molecular weight excluding hydrogens is 513 g/mol. The number of carboxylic acids is 2. The number of carboxylic acid groups (broad SMARTS) is 2. The summed E-state index contributed by atoms with van der Waals surface area (Å²) in [6.45, 7) is 0. The standard InChI is InChI=1S/3C6H5.C2H2O4.Bi/c3*1-2-4-6-5-3-1;3-1(4)2(5)6;/h3*1-5H;(H,3,4)(H,5,6);/q;;;;+2/p-2. The minimum atomic E-state index is -2.19. The number of carbonyl (C=O) groups is 2. The van der Waals surface area contributed by atoms with Crippen molar-refractivity contribution in [2.45, 2.75) is 0 Å². The van der Waals surface area contributed by atoms with Crippen molar-refractivity contribution < 1.29 is 19.8 Å². The van der Waals surface area contributed by atoms with Crippen LogP contribution in [0.25, 0.3) is 0 Å². The van der Waals surface area contributed by atoms with Crippen molar-refractivity contribution in [2.24, 2.45) is 0 Å². The van der Waals surface area contributed by atoms with Crippen LogP contribution in [0.2, 0.25) is 0 Å². The third-order valence-electron chi connectivity index (χ3n) is 3.21. The Balaban J connectivity index is 0.000000326. The Hall–Kier alpha value is -2.52. The van der Waals surface area contributed by atoms with Gasteiger partial charge in [-0.1, -0.05) is 0 Å². The van der Waals surface area contributed by atoms with E-state index in [0.717, 1.165) is 0 Å². The first-order valence-electron chi connectivity index (χ1n) is 7.47. The van der Waals surface area contributed by atoms with Gasteiger partial charge in [-0.05, 0) is 0 Å². The molecule has 3 aromatic carbocycles. The summed E-state index contributed by atoms with van der Waals surface area (Å²) in [4.78, 5) is 17.9.